The molecule has 1 aliphatic heterocycles. The zero-order valence-corrected chi connectivity index (χ0v) is 17.1. The number of furan rings is 1. The Balaban J connectivity index is 1.71. The minimum Gasteiger partial charge on any atom is -0.495 e. The van der Waals surface area contributed by atoms with Crippen molar-refractivity contribution < 1.29 is 23.5 Å². The largest absolute Gasteiger partial charge is 0.495 e. The van der Waals surface area contributed by atoms with E-state index in [1.807, 2.05) is 0 Å². The molecule has 2 N–H and O–H groups in total. The molecule has 140 valence electrons. The first-order chi connectivity index (χ1) is 12.9. The minimum absolute atomic E-state index is 0.0128. The summed E-state index contributed by atoms with van der Waals surface area (Å²) in [6.07, 6.45) is 1.38. The number of anilines is 1. The van der Waals surface area contributed by atoms with Crippen LogP contribution in [0.5, 0.6) is 5.75 Å². The molecule has 27 heavy (non-hydrogen) atoms. The van der Waals surface area contributed by atoms with Gasteiger partial charge in [0.15, 0.2) is 4.67 Å². The number of carbonyl (C=O) groups is 3. The fourth-order valence-corrected chi connectivity index (χ4v) is 2.98. The Bertz CT molecular complexity index is 934. The van der Waals surface area contributed by atoms with Crippen LogP contribution in [-0.2, 0) is 9.59 Å². The number of para-hydroxylation sites is 2. The quantitative estimate of drug-likeness (QED) is 0.486. The maximum Gasteiger partial charge on any atom is 0.329 e. The fraction of sp³-hybridized carbons (Fsp3) is 0.118. The van der Waals surface area contributed by atoms with Gasteiger partial charge in [-0.05, 0) is 50.1 Å². The van der Waals surface area contributed by atoms with E-state index in [2.05, 4.69) is 42.5 Å². The number of hydrogen-bond donors (Lipinski definition) is 2. The molecular weight excluding hydrogens is 486 g/mol. The normalized spacial score (nSPS) is 15.2. The molecule has 1 aliphatic rings. The SMILES string of the molecule is COc1ccccc1NC(=O)CN1C(=O)N/C(=C/c2cc(Br)c(Br)o2)C1=O. The predicted molar refractivity (Wildman–Crippen MR) is 104 cm³/mol. The third kappa shape index (κ3) is 4.22. The molecule has 8 nitrogen and oxygen atoms in total. The van der Waals surface area contributed by atoms with Gasteiger partial charge in [0.1, 0.15) is 23.8 Å². The van der Waals surface area contributed by atoms with E-state index >= 15 is 0 Å². The highest BCUT2D eigenvalue weighted by molar-refractivity contribution is 9.13. The summed E-state index contributed by atoms with van der Waals surface area (Å²) in [5, 5.41) is 5.04. The number of nitrogens with one attached hydrogen (secondary N) is 2. The third-order valence-corrected chi connectivity index (χ3v) is 5.31. The first-order valence-electron chi connectivity index (χ1n) is 7.61. The molecule has 4 amide bonds. The van der Waals surface area contributed by atoms with E-state index in [0.717, 1.165) is 4.90 Å². The van der Waals surface area contributed by atoms with Crippen molar-refractivity contribution in [1.29, 1.82) is 0 Å². The first-order valence-corrected chi connectivity index (χ1v) is 9.20. The summed E-state index contributed by atoms with van der Waals surface area (Å²) in [6, 6.07) is 7.77. The van der Waals surface area contributed by atoms with Crippen molar-refractivity contribution in [2.75, 3.05) is 19.0 Å². The molecule has 2 aromatic rings. The highest BCUT2D eigenvalue weighted by atomic mass is 79.9. The molecule has 0 spiro atoms. The summed E-state index contributed by atoms with van der Waals surface area (Å²) in [7, 11) is 1.48. The summed E-state index contributed by atoms with van der Waals surface area (Å²) >= 11 is 6.46. The van der Waals surface area contributed by atoms with Gasteiger partial charge < -0.3 is 19.8 Å². The molecule has 0 unspecified atom stereocenters. The lowest BCUT2D eigenvalue weighted by Gasteiger charge is -2.13. The molecule has 3 rings (SSSR count). The smallest absolute Gasteiger partial charge is 0.329 e. The van der Waals surface area contributed by atoms with E-state index in [1.54, 1.807) is 30.3 Å². The van der Waals surface area contributed by atoms with Gasteiger partial charge >= 0.3 is 6.03 Å². The van der Waals surface area contributed by atoms with Crippen LogP contribution in [0.15, 0.2) is 49.6 Å². The highest BCUT2D eigenvalue weighted by Gasteiger charge is 2.35. The summed E-state index contributed by atoms with van der Waals surface area (Å²) in [4.78, 5) is 37.6. The maximum absolute atomic E-state index is 12.4. The molecule has 0 aliphatic carbocycles. The first kappa shape index (κ1) is 19.2. The molecule has 2 heterocycles. The number of benzene rings is 1. The average molecular weight is 499 g/mol. The van der Waals surface area contributed by atoms with E-state index in [0.29, 0.717) is 26.3 Å². The summed E-state index contributed by atoms with van der Waals surface area (Å²) in [5.74, 6) is -0.332. The van der Waals surface area contributed by atoms with Crippen LogP contribution < -0.4 is 15.4 Å². The van der Waals surface area contributed by atoms with Gasteiger partial charge in [-0.2, -0.15) is 0 Å². The van der Waals surface area contributed by atoms with E-state index in [-0.39, 0.29) is 5.70 Å². The van der Waals surface area contributed by atoms with Crippen molar-refractivity contribution in [3.8, 4) is 5.75 Å². The van der Waals surface area contributed by atoms with E-state index in [1.165, 1.54) is 13.2 Å². The molecule has 0 bridgehead atoms. The Morgan fingerprint density at radius 3 is 2.74 bits per heavy atom. The summed E-state index contributed by atoms with van der Waals surface area (Å²) in [6.45, 7) is -0.439. The third-order valence-electron chi connectivity index (χ3n) is 3.60. The Morgan fingerprint density at radius 1 is 1.33 bits per heavy atom. The van der Waals surface area contributed by atoms with Crippen LogP contribution in [0.1, 0.15) is 5.76 Å². The van der Waals surface area contributed by atoms with Gasteiger partial charge in [0.2, 0.25) is 5.91 Å². The molecule has 1 saturated heterocycles. The van der Waals surface area contributed by atoms with Crippen LogP contribution in [-0.4, -0.2) is 36.4 Å². The van der Waals surface area contributed by atoms with Gasteiger partial charge in [-0.1, -0.05) is 12.1 Å². The number of nitrogens with zero attached hydrogens (tertiary/aromatic N) is 1. The van der Waals surface area contributed by atoms with Crippen LogP contribution in [0.4, 0.5) is 10.5 Å². The van der Waals surface area contributed by atoms with Crippen molar-refractivity contribution in [2.24, 2.45) is 0 Å². The fourth-order valence-electron chi connectivity index (χ4n) is 2.37. The monoisotopic (exact) mass is 497 g/mol. The Labute approximate surface area is 170 Å². The second-order valence-electron chi connectivity index (χ2n) is 5.40. The molecule has 0 radical (unpaired) electrons. The number of amides is 4. The van der Waals surface area contributed by atoms with Crippen molar-refractivity contribution in [2.45, 2.75) is 0 Å². The van der Waals surface area contributed by atoms with Crippen LogP contribution in [0.3, 0.4) is 0 Å². The molecule has 0 saturated carbocycles. The number of methoxy groups -OCH3 is 1. The van der Waals surface area contributed by atoms with Gasteiger partial charge in [0.25, 0.3) is 5.91 Å². The highest BCUT2D eigenvalue weighted by Crippen LogP contribution is 2.28. The van der Waals surface area contributed by atoms with E-state index in [4.69, 9.17) is 9.15 Å². The lowest BCUT2D eigenvalue weighted by Crippen LogP contribution is -2.38. The molecule has 1 aromatic heterocycles. The Morgan fingerprint density at radius 2 is 2.07 bits per heavy atom. The van der Waals surface area contributed by atoms with Crippen molar-refractivity contribution in [1.82, 2.24) is 10.2 Å². The van der Waals surface area contributed by atoms with Crippen molar-refractivity contribution in [3.63, 3.8) is 0 Å². The van der Waals surface area contributed by atoms with Gasteiger partial charge in [0, 0.05) is 6.08 Å². The molecular formula is C17H13Br2N3O5. The molecule has 1 fully saturated rings. The number of hydrogen-bond acceptors (Lipinski definition) is 5. The standard InChI is InChI=1S/C17H13Br2N3O5/c1-26-13-5-3-2-4-11(13)20-14(23)8-22-16(24)12(21-17(22)25)7-9-6-10(18)15(19)27-9/h2-7H,8H2,1H3,(H,20,23)(H,21,25)/b12-7+. The van der Waals surface area contributed by atoms with Gasteiger partial charge in [0.05, 0.1) is 17.3 Å². The Hall–Kier alpha value is -2.59. The average Bonchev–Trinajstić information content (AvgIpc) is 3.08. The van der Waals surface area contributed by atoms with Crippen LogP contribution in [0.25, 0.3) is 6.08 Å². The number of rotatable bonds is 5. The van der Waals surface area contributed by atoms with Crippen LogP contribution in [0.2, 0.25) is 0 Å². The lowest BCUT2D eigenvalue weighted by molar-refractivity contribution is -0.127. The lowest BCUT2D eigenvalue weighted by atomic mass is 10.3. The topological polar surface area (TPSA) is 101 Å². The van der Waals surface area contributed by atoms with Crippen molar-refractivity contribution in [3.05, 3.63) is 50.9 Å². The number of urea groups is 1. The van der Waals surface area contributed by atoms with Crippen LogP contribution >= 0.6 is 31.9 Å². The molecule has 0 atom stereocenters. The van der Waals surface area contributed by atoms with Gasteiger partial charge in [-0.3, -0.25) is 9.59 Å². The van der Waals surface area contributed by atoms with E-state index in [9.17, 15) is 14.4 Å². The zero-order chi connectivity index (χ0) is 19.6. The van der Waals surface area contributed by atoms with Crippen molar-refractivity contribution >= 4 is 61.5 Å². The second-order valence-corrected chi connectivity index (χ2v) is 6.97. The molecule has 10 heteroatoms. The summed E-state index contributed by atoms with van der Waals surface area (Å²) in [5.41, 5.74) is 0.456. The number of halogens is 2. The van der Waals surface area contributed by atoms with Gasteiger partial charge in [-0.15, -0.1) is 0 Å². The minimum atomic E-state index is -0.689. The molecule has 1 aromatic carbocycles. The zero-order valence-electron chi connectivity index (χ0n) is 13.9. The maximum atomic E-state index is 12.4. The van der Waals surface area contributed by atoms with E-state index < -0.39 is 24.4 Å². The second kappa shape index (κ2) is 7.97. The summed E-state index contributed by atoms with van der Waals surface area (Å²) < 4.78 is 11.6. The predicted octanol–water partition coefficient (Wildman–Crippen LogP) is 3.34. The number of carbonyl (C=O) groups excluding carboxylic acids is 3. The van der Waals surface area contributed by atoms with Gasteiger partial charge in [-0.25, -0.2) is 9.69 Å². The van der Waals surface area contributed by atoms with Crippen LogP contribution in [0, 0.1) is 0 Å². The number of ether oxygens (including phenoxy) is 1. The number of imide groups is 1. The Kier molecular flexibility index (Phi) is 5.66.